The molecule has 17 heavy (non-hydrogen) atoms. The quantitative estimate of drug-likeness (QED) is 0.850. The Bertz CT molecular complexity index is 552. The zero-order valence-corrected chi connectivity index (χ0v) is 10.3. The molecule has 92 valence electrons. The number of methoxy groups -OCH3 is 1. The molecule has 5 nitrogen and oxygen atoms in total. The Labute approximate surface area is 100 Å². The van der Waals surface area contributed by atoms with Gasteiger partial charge in [0.15, 0.2) is 0 Å². The van der Waals surface area contributed by atoms with Crippen molar-refractivity contribution < 1.29 is 13.2 Å². The van der Waals surface area contributed by atoms with Crippen LogP contribution in [-0.2, 0) is 14.8 Å². The van der Waals surface area contributed by atoms with E-state index in [1.807, 2.05) is 0 Å². The van der Waals surface area contributed by atoms with Gasteiger partial charge < -0.3 is 10.5 Å². The summed E-state index contributed by atoms with van der Waals surface area (Å²) in [6.07, 6.45) is 0.393. The van der Waals surface area contributed by atoms with Crippen LogP contribution in [0.25, 0.3) is 0 Å². The lowest BCUT2D eigenvalue weighted by Crippen LogP contribution is -2.28. The van der Waals surface area contributed by atoms with Crippen LogP contribution in [0.1, 0.15) is 12.0 Å². The zero-order chi connectivity index (χ0) is 12.5. The molecule has 0 aliphatic carbocycles. The fourth-order valence-electron chi connectivity index (χ4n) is 1.84. The molecule has 1 unspecified atom stereocenters. The van der Waals surface area contributed by atoms with Crippen molar-refractivity contribution in [2.24, 2.45) is 10.1 Å². The Balaban J connectivity index is 2.32. The van der Waals surface area contributed by atoms with Crippen molar-refractivity contribution in [3.05, 3.63) is 29.8 Å². The second-order valence-electron chi connectivity index (χ2n) is 3.93. The molecule has 0 bridgehead atoms. The molecule has 0 saturated carbocycles. The lowest BCUT2D eigenvalue weighted by atomic mass is 10.0. The third-order valence-electron chi connectivity index (χ3n) is 2.54. The van der Waals surface area contributed by atoms with Crippen molar-refractivity contribution in [1.29, 1.82) is 0 Å². The monoisotopic (exact) mass is 254 g/mol. The fourth-order valence-corrected chi connectivity index (χ4v) is 3.12. The highest BCUT2D eigenvalue weighted by molar-refractivity contribution is 7.90. The first kappa shape index (κ1) is 12.2. The summed E-state index contributed by atoms with van der Waals surface area (Å²) in [6.45, 7) is 0.376. The highest BCUT2D eigenvalue weighted by atomic mass is 32.2. The minimum atomic E-state index is -3.52. The van der Waals surface area contributed by atoms with E-state index in [0.717, 1.165) is 0 Å². The lowest BCUT2D eigenvalue weighted by Gasteiger charge is -2.09. The predicted octanol–water partition coefficient (Wildman–Crippen LogP) is 0.542. The smallest absolute Gasteiger partial charge is 0.283 e. The van der Waals surface area contributed by atoms with Gasteiger partial charge in [0.05, 0.1) is 17.2 Å². The van der Waals surface area contributed by atoms with E-state index in [4.69, 9.17) is 10.5 Å². The minimum absolute atomic E-state index is 0.250. The summed E-state index contributed by atoms with van der Waals surface area (Å²) < 4.78 is 32.2. The number of hydrogen-bond donors (Lipinski definition) is 1. The van der Waals surface area contributed by atoms with E-state index in [0.29, 0.717) is 24.3 Å². The molecular weight excluding hydrogens is 240 g/mol. The number of nitrogens with zero attached hydrogens (tertiary/aromatic N) is 1. The van der Waals surface area contributed by atoms with Gasteiger partial charge in [0.1, 0.15) is 0 Å². The Kier molecular flexibility index (Phi) is 3.28. The van der Waals surface area contributed by atoms with Crippen molar-refractivity contribution in [3.63, 3.8) is 0 Å². The molecule has 1 aliphatic rings. The van der Waals surface area contributed by atoms with Crippen molar-refractivity contribution >= 4 is 15.7 Å². The van der Waals surface area contributed by atoms with Gasteiger partial charge in [0.2, 0.25) is 0 Å². The summed E-state index contributed by atoms with van der Waals surface area (Å²) in [6, 6.07) is 6.53. The van der Waals surface area contributed by atoms with E-state index in [-0.39, 0.29) is 10.9 Å². The second-order valence-corrected chi connectivity index (χ2v) is 5.50. The molecule has 0 fully saturated rings. The van der Waals surface area contributed by atoms with Crippen LogP contribution in [0.2, 0.25) is 0 Å². The second kappa shape index (κ2) is 4.56. The molecular formula is C11H14N2O3S. The predicted molar refractivity (Wildman–Crippen MR) is 64.6 cm³/mol. The fraction of sp³-hybridized carbons (Fsp3) is 0.364. The molecule has 0 amide bonds. The van der Waals surface area contributed by atoms with Gasteiger partial charge in [0, 0.05) is 25.1 Å². The third-order valence-corrected chi connectivity index (χ3v) is 3.92. The molecule has 0 spiro atoms. The van der Waals surface area contributed by atoms with Crippen molar-refractivity contribution in [2.45, 2.75) is 17.4 Å². The van der Waals surface area contributed by atoms with Crippen LogP contribution in [0.4, 0.5) is 0 Å². The molecule has 1 aliphatic heterocycles. The molecule has 1 atom stereocenters. The maximum Gasteiger partial charge on any atom is 0.283 e. The van der Waals surface area contributed by atoms with Gasteiger partial charge in [-0.3, -0.25) is 0 Å². The van der Waals surface area contributed by atoms with Crippen LogP contribution in [0.15, 0.2) is 33.6 Å². The SMILES string of the molecule is COCC(N)CC1=NS(=O)(=O)c2ccccc21. The Morgan fingerprint density at radius 3 is 2.82 bits per heavy atom. The zero-order valence-electron chi connectivity index (χ0n) is 9.46. The highest BCUT2D eigenvalue weighted by Gasteiger charge is 2.28. The molecule has 1 aromatic carbocycles. The van der Waals surface area contributed by atoms with E-state index >= 15 is 0 Å². The van der Waals surface area contributed by atoms with Crippen LogP contribution in [0, 0.1) is 0 Å². The molecule has 6 heteroatoms. The molecule has 2 rings (SSSR count). The Morgan fingerprint density at radius 2 is 2.12 bits per heavy atom. The summed E-state index contributed by atoms with van der Waals surface area (Å²) in [5, 5.41) is 0. The maximum atomic E-state index is 11.7. The molecule has 1 heterocycles. The van der Waals surface area contributed by atoms with Crippen LogP contribution < -0.4 is 5.73 Å². The number of ether oxygens (including phenoxy) is 1. The van der Waals surface area contributed by atoms with Crippen LogP contribution in [-0.4, -0.2) is 33.9 Å². The minimum Gasteiger partial charge on any atom is -0.383 e. The van der Waals surface area contributed by atoms with E-state index in [2.05, 4.69) is 4.40 Å². The first-order valence-corrected chi connectivity index (χ1v) is 6.66. The van der Waals surface area contributed by atoms with Crippen molar-refractivity contribution in [3.8, 4) is 0 Å². The molecule has 0 saturated heterocycles. The van der Waals surface area contributed by atoms with Crippen LogP contribution in [0.5, 0.6) is 0 Å². The summed E-state index contributed by atoms with van der Waals surface area (Å²) >= 11 is 0. The number of sulfonamides is 1. The molecule has 2 N–H and O–H groups in total. The summed E-state index contributed by atoms with van der Waals surface area (Å²) in [5.74, 6) is 0. The van der Waals surface area contributed by atoms with Crippen LogP contribution >= 0.6 is 0 Å². The number of benzene rings is 1. The van der Waals surface area contributed by atoms with Gasteiger partial charge in [-0.25, -0.2) is 0 Å². The van der Waals surface area contributed by atoms with E-state index < -0.39 is 10.0 Å². The van der Waals surface area contributed by atoms with Gasteiger partial charge in [-0.2, -0.15) is 12.8 Å². The van der Waals surface area contributed by atoms with E-state index in [1.165, 1.54) is 0 Å². The lowest BCUT2D eigenvalue weighted by molar-refractivity contribution is 0.182. The molecule has 0 aromatic heterocycles. The average molecular weight is 254 g/mol. The van der Waals surface area contributed by atoms with Crippen LogP contribution in [0.3, 0.4) is 0 Å². The van der Waals surface area contributed by atoms with E-state index in [9.17, 15) is 8.42 Å². The summed E-state index contributed by atoms with van der Waals surface area (Å²) in [5.41, 5.74) is 6.98. The van der Waals surface area contributed by atoms with Gasteiger partial charge in [0.25, 0.3) is 10.0 Å². The highest BCUT2D eigenvalue weighted by Crippen LogP contribution is 2.27. The summed E-state index contributed by atoms with van der Waals surface area (Å²) in [7, 11) is -1.97. The Morgan fingerprint density at radius 1 is 1.41 bits per heavy atom. The first-order chi connectivity index (χ1) is 8.04. The van der Waals surface area contributed by atoms with Gasteiger partial charge >= 0.3 is 0 Å². The Hall–Kier alpha value is -1.24. The van der Waals surface area contributed by atoms with E-state index in [1.54, 1.807) is 31.4 Å². The average Bonchev–Trinajstić information content (AvgIpc) is 2.52. The van der Waals surface area contributed by atoms with Crippen molar-refractivity contribution in [1.82, 2.24) is 0 Å². The van der Waals surface area contributed by atoms with Gasteiger partial charge in [-0.05, 0) is 6.07 Å². The number of rotatable bonds is 4. The molecule has 1 aromatic rings. The number of hydrogen-bond acceptors (Lipinski definition) is 4. The van der Waals surface area contributed by atoms with Gasteiger partial charge in [-0.1, -0.05) is 18.2 Å². The largest absolute Gasteiger partial charge is 0.383 e. The summed E-state index contributed by atoms with van der Waals surface area (Å²) in [4.78, 5) is 0.264. The maximum absolute atomic E-state index is 11.7. The van der Waals surface area contributed by atoms with Crippen molar-refractivity contribution in [2.75, 3.05) is 13.7 Å². The third kappa shape index (κ3) is 2.38. The first-order valence-electron chi connectivity index (χ1n) is 5.22. The topological polar surface area (TPSA) is 81.8 Å². The standard InChI is InChI=1S/C11H14N2O3S/c1-16-7-8(12)6-10-9-4-2-3-5-11(9)17(14,15)13-10/h2-5,8H,6-7,12H2,1H3. The number of fused-ring (bicyclic) bond motifs is 1. The molecule has 0 radical (unpaired) electrons. The normalized spacial score (nSPS) is 18.6. The number of nitrogens with two attached hydrogens (primary N) is 1. The van der Waals surface area contributed by atoms with Gasteiger partial charge in [-0.15, -0.1) is 0 Å².